The van der Waals surface area contributed by atoms with Crippen molar-refractivity contribution in [3.05, 3.63) is 60.2 Å². The number of amides is 2. The van der Waals surface area contributed by atoms with Crippen LogP contribution in [0.1, 0.15) is 12.0 Å². The molecule has 1 aliphatic rings. The molecule has 1 saturated heterocycles. The average Bonchev–Trinajstić information content (AvgIpc) is 3.19. The maximum Gasteiger partial charge on any atom is 0.231 e. The second kappa shape index (κ2) is 6.64. The van der Waals surface area contributed by atoms with Crippen LogP contribution < -0.4 is 5.32 Å². The van der Waals surface area contributed by atoms with E-state index < -0.39 is 0 Å². The van der Waals surface area contributed by atoms with Gasteiger partial charge in [0.25, 0.3) is 0 Å². The molecule has 1 atom stereocenters. The lowest BCUT2D eigenvalue weighted by atomic mass is 10.1. The number of nitrogens with zero attached hydrogens (tertiary/aromatic N) is 2. The first-order valence-corrected chi connectivity index (χ1v) is 8.99. The molecule has 0 saturated carbocycles. The second-order valence-electron chi connectivity index (χ2n) is 6.14. The van der Waals surface area contributed by atoms with Crippen LogP contribution >= 0.6 is 11.3 Å². The Labute approximate surface area is 149 Å². The highest BCUT2D eigenvalue weighted by Gasteiger charge is 2.34. The van der Waals surface area contributed by atoms with Crippen molar-refractivity contribution in [3.8, 4) is 0 Å². The molecule has 25 heavy (non-hydrogen) atoms. The van der Waals surface area contributed by atoms with Crippen molar-refractivity contribution in [2.75, 3.05) is 11.9 Å². The highest BCUT2D eigenvalue weighted by atomic mass is 32.1. The fraction of sp³-hybridized carbons (Fsp3) is 0.211. The van der Waals surface area contributed by atoms with Gasteiger partial charge in [0, 0.05) is 19.5 Å². The van der Waals surface area contributed by atoms with Crippen molar-refractivity contribution in [1.82, 2.24) is 9.88 Å². The zero-order valence-electron chi connectivity index (χ0n) is 13.5. The van der Waals surface area contributed by atoms with Gasteiger partial charge >= 0.3 is 0 Å². The van der Waals surface area contributed by atoms with E-state index in [4.69, 9.17) is 0 Å². The first-order chi connectivity index (χ1) is 12.2. The van der Waals surface area contributed by atoms with Gasteiger partial charge in [0.15, 0.2) is 5.13 Å². The van der Waals surface area contributed by atoms with E-state index in [-0.39, 0.29) is 24.2 Å². The quantitative estimate of drug-likeness (QED) is 0.785. The number of rotatable bonds is 4. The lowest BCUT2D eigenvalue weighted by Gasteiger charge is -2.16. The van der Waals surface area contributed by atoms with E-state index in [0.717, 1.165) is 15.8 Å². The van der Waals surface area contributed by atoms with Crippen molar-refractivity contribution in [1.29, 1.82) is 0 Å². The van der Waals surface area contributed by atoms with Gasteiger partial charge in [-0.2, -0.15) is 0 Å². The maximum absolute atomic E-state index is 12.5. The molecule has 4 rings (SSSR count). The summed E-state index contributed by atoms with van der Waals surface area (Å²) in [6.07, 6.45) is 0.254. The van der Waals surface area contributed by atoms with Crippen molar-refractivity contribution in [2.45, 2.75) is 13.0 Å². The van der Waals surface area contributed by atoms with Gasteiger partial charge in [0.1, 0.15) is 0 Å². The summed E-state index contributed by atoms with van der Waals surface area (Å²) in [5.74, 6) is -0.445. The molecule has 1 N–H and O–H groups in total. The van der Waals surface area contributed by atoms with Gasteiger partial charge in [-0.15, -0.1) is 0 Å². The molecular weight excluding hydrogens is 334 g/mol. The normalized spacial score (nSPS) is 17.2. The SMILES string of the molecule is O=C(Nc1nc2ccccc2s1)C1CC(=O)N(Cc2ccccc2)C1. The molecule has 2 aromatic carbocycles. The predicted molar refractivity (Wildman–Crippen MR) is 98.2 cm³/mol. The monoisotopic (exact) mass is 351 g/mol. The number of nitrogens with one attached hydrogen (secondary N) is 1. The summed E-state index contributed by atoms with van der Waals surface area (Å²) >= 11 is 1.45. The molecule has 1 aromatic heterocycles. The summed E-state index contributed by atoms with van der Waals surface area (Å²) in [6, 6.07) is 17.6. The number of likely N-dealkylation sites (tertiary alicyclic amines) is 1. The van der Waals surface area contributed by atoms with Crippen LogP contribution in [0.2, 0.25) is 0 Å². The maximum atomic E-state index is 12.5. The van der Waals surface area contributed by atoms with E-state index in [9.17, 15) is 9.59 Å². The zero-order chi connectivity index (χ0) is 17.2. The van der Waals surface area contributed by atoms with E-state index in [2.05, 4.69) is 10.3 Å². The molecule has 1 unspecified atom stereocenters. The third-order valence-corrected chi connectivity index (χ3v) is 5.28. The minimum Gasteiger partial charge on any atom is -0.338 e. The molecule has 0 spiro atoms. The van der Waals surface area contributed by atoms with Crippen LogP contribution in [0, 0.1) is 5.92 Å². The van der Waals surface area contributed by atoms with Crippen LogP contribution in [-0.2, 0) is 16.1 Å². The number of hydrogen-bond acceptors (Lipinski definition) is 4. The van der Waals surface area contributed by atoms with Crippen LogP contribution in [0.3, 0.4) is 0 Å². The van der Waals surface area contributed by atoms with Gasteiger partial charge in [0.2, 0.25) is 11.8 Å². The van der Waals surface area contributed by atoms with Gasteiger partial charge in [-0.25, -0.2) is 4.98 Å². The molecule has 2 heterocycles. The molecular formula is C19H17N3O2S. The van der Waals surface area contributed by atoms with Crippen LogP contribution in [0.4, 0.5) is 5.13 Å². The molecule has 0 aliphatic carbocycles. The minimum atomic E-state index is -0.330. The minimum absolute atomic E-state index is 0.0216. The van der Waals surface area contributed by atoms with Crippen LogP contribution in [0.5, 0.6) is 0 Å². The standard InChI is InChI=1S/C19H17N3O2S/c23-17-10-14(12-22(17)11-13-6-2-1-3-7-13)18(24)21-19-20-15-8-4-5-9-16(15)25-19/h1-9,14H,10-12H2,(H,20,21,24). The predicted octanol–water partition coefficient (Wildman–Crippen LogP) is 3.28. The number of para-hydroxylation sites is 1. The van der Waals surface area contributed by atoms with Gasteiger partial charge in [-0.05, 0) is 17.7 Å². The molecule has 1 aliphatic heterocycles. The summed E-state index contributed by atoms with van der Waals surface area (Å²) < 4.78 is 1.03. The smallest absolute Gasteiger partial charge is 0.231 e. The van der Waals surface area contributed by atoms with Crippen molar-refractivity contribution in [3.63, 3.8) is 0 Å². The van der Waals surface area contributed by atoms with Gasteiger partial charge in [-0.1, -0.05) is 53.8 Å². The summed E-state index contributed by atoms with van der Waals surface area (Å²) in [7, 11) is 0. The van der Waals surface area contributed by atoms with E-state index >= 15 is 0 Å². The van der Waals surface area contributed by atoms with E-state index in [1.165, 1.54) is 11.3 Å². The van der Waals surface area contributed by atoms with Gasteiger partial charge in [-0.3, -0.25) is 9.59 Å². The lowest BCUT2D eigenvalue weighted by molar-refractivity contribution is -0.128. The fourth-order valence-corrected chi connectivity index (χ4v) is 3.91. The fourth-order valence-electron chi connectivity index (χ4n) is 3.04. The number of carbonyl (C=O) groups is 2. The van der Waals surface area contributed by atoms with E-state index in [1.807, 2.05) is 54.6 Å². The van der Waals surface area contributed by atoms with Crippen LogP contribution in [0.15, 0.2) is 54.6 Å². The highest BCUT2D eigenvalue weighted by Crippen LogP contribution is 2.27. The Morgan fingerprint density at radius 1 is 1.16 bits per heavy atom. The lowest BCUT2D eigenvalue weighted by Crippen LogP contribution is -2.28. The molecule has 0 bridgehead atoms. The number of anilines is 1. The van der Waals surface area contributed by atoms with Crippen molar-refractivity contribution in [2.24, 2.45) is 5.92 Å². The molecule has 3 aromatic rings. The third-order valence-electron chi connectivity index (χ3n) is 4.33. The van der Waals surface area contributed by atoms with Crippen molar-refractivity contribution >= 4 is 38.5 Å². The second-order valence-corrected chi connectivity index (χ2v) is 7.17. The zero-order valence-corrected chi connectivity index (χ0v) is 14.3. The number of fused-ring (bicyclic) bond motifs is 1. The Morgan fingerprint density at radius 2 is 1.92 bits per heavy atom. The summed E-state index contributed by atoms with van der Waals surface area (Å²) in [4.78, 5) is 30.9. The third kappa shape index (κ3) is 3.39. The molecule has 126 valence electrons. The molecule has 2 amide bonds. The summed E-state index contributed by atoms with van der Waals surface area (Å²) in [5, 5.41) is 3.45. The van der Waals surface area contributed by atoms with Crippen LogP contribution in [-0.4, -0.2) is 28.2 Å². The summed E-state index contributed by atoms with van der Waals surface area (Å²) in [5.41, 5.74) is 1.94. The first kappa shape index (κ1) is 15.8. The van der Waals surface area contributed by atoms with Gasteiger partial charge in [0.05, 0.1) is 16.1 Å². The van der Waals surface area contributed by atoms with E-state index in [0.29, 0.717) is 18.2 Å². The Balaban J connectivity index is 1.41. The number of hydrogen-bond donors (Lipinski definition) is 1. The molecule has 6 heteroatoms. The molecule has 0 radical (unpaired) electrons. The topological polar surface area (TPSA) is 62.3 Å². The van der Waals surface area contributed by atoms with Crippen molar-refractivity contribution < 1.29 is 9.59 Å². The largest absolute Gasteiger partial charge is 0.338 e. The number of carbonyl (C=O) groups excluding carboxylic acids is 2. The Kier molecular flexibility index (Phi) is 4.19. The first-order valence-electron chi connectivity index (χ1n) is 8.17. The Bertz CT molecular complexity index is 890. The Hall–Kier alpha value is -2.73. The highest BCUT2D eigenvalue weighted by molar-refractivity contribution is 7.22. The summed E-state index contributed by atoms with van der Waals surface area (Å²) in [6.45, 7) is 0.995. The number of thiazole rings is 1. The van der Waals surface area contributed by atoms with E-state index in [1.54, 1.807) is 4.90 Å². The average molecular weight is 351 g/mol. The van der Waals surface area contributed by atoms with Gasteiger partial charge < -0.3 is 10.2 Å². The van der Waals surface area contributed by atoms with Crippen LogP contribution in [0.25, 0.3) is 10.2 Å². The number of aromatic nitrogens is 1. The number of benzene rings is 2. The molecule has 1 fully saturated rings. The Morgan fingerprint density at radius 3 is 2.72 bits per heavy atom. The molecule has 5 nitrogen and oxygen atoms in total.